The molecule has 0 saturated heterocycles. The zero-order valence-corrected chi connectivity index (χ0v) is 18.5. The van der Waals surface area contributed by atoms with Crippen molar-refractivity contribution in [3.63, 3.8) is 0 Å². The molecule has 0 spiro atoms. The molecule has 0 aliphatic rings. The number of alkyl halides is 2. The number of benzene rings is 1. The fourth-order valence-electron chi connectivity index (χ4n) is 3.09. The van der Waals surface area contributed by atoms with Gasteiger partial charge in [0.1, 0.15) is 5.69 Å². The van der Waals surface area contributed by atoms with E-state index in [9.17, 15) is 22.0 Å². The second-order valence-electron chi connectivity index (χ2n) is 6.93. The third kappa shape index (κ3) is 4.54. The van der Waals surface area contributed by atoms with Gasteiger partial charge in [-0.3, -0.25) is 14.2 Å². The number of halogens is 2. The highest BCUT2D eigenvalue weighted by molar-refractivity contribution is 7.92. The molecular weight excluding hydrogens is 444 g/mol. The van der Waals surface area contributed by atoms with E-state index in [1.165, 1.54) is 14.2 Å². The van der Waals surface area contributed by atoms with Crippen molar-refractivity contribution in [2.24, 2.45) is 7.05 Å². The highest BCUT2D eigenvalue weighted by Gasteiger charge is 2.26. The van der Waals surface area contributed by atoms with Crippen molar-refractivity contribution < 1.29 is 26.7 Å². The van der Waals surface area contributed by atoms with E-state index in [2.05, 4.69) is 20.1 Å². The second-order valence-corrected chi connectivity index (χ2v) is 8.58. The van der Waals surface area contributed by atoms with Crippen LogP contribution in [-0.2, 0) is 17.1 Å². The van der Waals surface area contributed by atoms with Crippen molar-refractivity contribution in [3.05, 3.63) is 59.0 Å². The van der Waals surface area contributed by atoms with Crippen LogP contribution in [0.5, 0.6) is 5.88 Å². The van der Waals surface area contributed by atoms with Gasteiger partial charge in [-0.25, -0.2) is 22.2 Å². The quantitative estimate of drug-likeness (QED) is 0.552. The summed E-state index contributed by atoms with van der Waals surface area (Å²) in [5.41, 5.74) is 0.898. The molecule has 0 aliphatic heterocycles. The van der Waals surface area contributed by atoms with E-state index in [4.69, 9.17) is 4.74 Å². The predicted octanol–water partition coefficient (Wildman–Crippen LogP) is 3.43. The normalized spacial score (nSPS) is 11.5. The minimum Gasteiger partial charge on any atom is -0.480 e. The van der Waals surface area contributed by atoms with Crippen LogP contribution in [0.15, 0.2) is 41.6 Å². The molecule has 2 heterocycles. The standard InChI is InChI=1S/C20H21F2N5O4S/c1-11-6-5-7-12(2)16(11)26-32(29,30)15-8-13(9-23-20(15)31-4)25-19(28)14-10-24-27(3)17(14)18(21)22/h5-10,18,26H,1-4H3,(H,25,28). The van der Waals surface area contributed by atoms with Crippen LogP contribution in [0.3, 0.4) is 0 Å². The highest BCUT2D eigenvalue weighted by Crippen LogP contribution is 2.29. The molecule has 0 radical (unpaired) electrons. The first-order chi connectivity index (χ1) is 15.0. The molecule has 3 aromatic rings. The first-order valence-corrected chi connectivity index (χ1v) is 10.8. The molecule has 2 aromatic heterocycles. The number of carbonyl (C=O) groups excluding carboxylic acids is 1. The van der Waals surface area contributed by atoms with Gasteiger partial charge < -0.3 is 10.1 Å². The molecular formula is C20H21F2N5O4S. The van der Waals surface area contributed by atoms with E-state index in [1.807, 2.05) is 0 Å². The zero-order valence-electron chi connectivity index (χ0n) is 17.7. The number of rotatable bonds is 7. The minimum absolute atomic E-state index is 0.0262. The molecule has 2 N–H and O–H groups in total. The van der Waals surface area contributed by atoms with Crippen molar-refractivity contribution in [1.82, 2.24) is 14.8 Å². The van der Waals surface area contributed by atoms with Gasteiger partial charge in [0.05, 0.1) is 36.4 Å². The summed E-state index contributed by atoms with van der Waals surface area (Å²) in [6.07, 6.45) is -0.754. The summed E-state index contributed by atoms with van der Waals surface area (Å²) in [7, 11) is -1.62. The van der Waals surface area contributed by atoms with Crippen LogP contribution >= 0.6 is 0 Å². The number of pyridine rings is 1. The number of ether oxygens (including phenoxy) is 1. The topological polar surface area (TPSA) is 115 Å². The van der Waals surface area contributed by atoms with Crippen molar-refractivity contribution in [2.45, 2.75) is 25.2 Å². The number of aryl methyl sites for hydroxylation is 3. The summed E-state index contributed by atoms with van der Waals surface area (Å²) in [5, 5.41) is 6.06. The first kappa shape index (κ1) is 23.1. The average molecular weight is 465 g/mol. The average Bonchev–Trinajstić information content (AvgIpc) is 3.12. The van der Waals surface area contributed by atoms with Gasteiger partial charge in [0.15, 0.2) is 4.90 Å². The number of nitrogens with one attached hydrogen (secondary N) is 2. The maximum Gasteiger partial charge on any atom is 0.280 e. The number of sulfonamides is 1. The monoisotopic (exact) mass is 465 g/mol. The second kappa shape index (κ2) is 8.91. The van der Waals surface area contributed by atoms with Crippen LogP contribution in [0.25, 0.3) is 0 Å². The van der Waals surface area contributed by atoms with Crippen LogP contribution in [0.4, 0.5) is 20.2 Å². The van der Waals surface area contributed by atoms with Gasteiger partial charge in [-0.2, -0.15) is 5.10 Å². The minimum atomic E-state index is -4.17. The number of anilines is 2. The molecule has 0 unspecified atom stereocenters. The van der Waals surface area contributed by atoms with Crippen LogP contribution < -0.4 is 14.8 Å². The van der Waals surface area contributed by atoms with Gasteiger partial charge in [-0.15, -0.1) is 0 Å². The van der Waals surface area contributed by atoms with Crippen molar-refractivity contribution in [3.8, 4) is 5.88 Å². The number of hydrogen-bond donors (Lipinski definition) is 2. The Morgan fingerprint density at radius 3 is 2.44 bits per heavy atom. The van der Waals surface area contributed by atoms with Gasteiger partial charge in [0.25, 0.3) is 22.4 Å². The fourth-order valence-corrected chi connectivity index (χ4v) is 4.44. The largest absolute Gasteiger partial charge is 0.480 e. The number of nitrogens with zero attached hydrogens (tertiary/aromatic N) is 3. The van der Waals surface area contributed by atoms with E-state index in [1.54, 1.807) is 32.0 Å². The highest BCUT2D eigenvalue weighted by atomic mass is 32.2. The molecule has 32 heavy (non-hydrogen) atoms. The molecule has 0 atom stereocenters. The van der Waals surface area contributed by atoms with E-state index >= 15 is 0 Å². The van der Waals surface area contributed by atoms with Crippen LogP contribution in [0.1, 0.15) is 33.6 Å². The Balaban J connectivity index is 1.96. The molecule has 0 aliphatic carbocycles. The SMILES string of the molecule is COc1ncc(NC(=O)c2cnn(C)c2C(F)F)cc1S(=O)(=O)Nc1c(C)cccc1C. The predicted molar refractivity (Wildman–Crippen MR) is 114 cm³/mol. The molecule has 1 aromatic carbocycles. The Morgan fingerprint density at radius 2 is 1.84 bits per heavy atom. The van der Waals surface area contributed by atoms with Crippen LogP contribution in [0, 0.1) is 13.8 Å². The lowest BCUT2D eigenvalue weighted by molar-refractivity contribution is 0.100. The number of methoxy groups -OCH3 is 1. The van der Waals surface area contributed by atoms with E-state index in [0.29, 0.717) is 16.8 Å². The lowest BCUT2D eigenvalue weighted by atomic mass is 10.1. The summed E-state index contributed by atoms with van der Waals surface area (Å²) in [6, 6.07) is 6.45. The Bertz CT molecular complexity index is 1250. The summed E-state index contributed by atoms with van der Waals surface area (Å²) in [5.74, 6) is -1.08. The lowest BCUT2D eigenvalue weighted by Crippen LogP contribution is -2.18. The van der Waals surface area contributed by atoms with Crippen molar-refractivity contribution in [1.29, 1.82) is 0 Å². The van der Waals surface area contributed by atoms with E-state index in [-0.39, 0.29) is 22.0 Å². The Hall–Kier alpha value is -3.54. The summed E-state index contributed by atoms with van der Waals surface area (Å²) >= 11 is 0. The maximum atomic E-state index is 13.3. The van der Waals surface area contributed by atoms with Crippen LogP contribution in [0.2, 0.25) is 0 Å². The zero-order chi connectivity index (χ0) is 23.6. The summed E-state index contributed by atoms with van der Waals surface area (Å²) in [4.78, 5) is 16.1. The van der Waals surface area contributed by atoms with E-state index < -0.39 is 28.0 Å². The molecule has 1 amide bonds. The van der Waals surface area contributed by atoms with Crippen molar-refractivity contribution >= 4 is 27.3 Å². The Labute approximate surface area is 183 Å². The summed E-state index contributed by atoms with van der Waals surface area (Å²) < 4.78 is 61.2. The maximum absolute atomic E-state index is 13.3. The Kier molecular flexibility index (Phi) is 6.44. The summed E-state index contributed by atoms with van der Waals surface area (Å²) in [6.45, 7) is 3.51. The molecule has 0 saturated carbocycles. The van der Waals surface area contributed by atoms with E-state index in [0.717, 1.165) is 23.1 Å². The van der Waals surface area contributed by atoms with Gasteiger partial charge in [-0.05, 0) is 31.0 Å². The van der Waals surface area contributed by atoms with Crippen LogP contribution in [-0.4, -0.2) is 36.2 Å². The molecule has 0 fully saturated rings. The van der Waals surface area contributed by atoms with Gasteiger partial charge in [-0.1, -0.05) is 18.2 Å². The fraction of sp³-hybridized carbons (Fsp3) is 0.250. The smallest absolute Gasteiger partial charge is 0.280 e. The molecule has 12 heteroatoms. The molecule has 0 bridgehead atoms. The van der Waals surface area contributed by atoms with Crippen molar-refractivity contribution in [2.75, 3.05) is 17.1 Å². The number of aromatic nitrogens is 3. The lowest BCUT2D eigenvalue weighted by Gasteiger charge is -2.15. The number of amides is 1. The molecule has 3 rings (SSSR count). The third-order valence-electron chi connectivity index (χ3n) is 4.71. The third-order valence-corrected chi connectivity index (χ3v) is 6.06. The molecule has 9 nitrogen and oxygen atoms in total. The van der Waals surface area contributed by atoms with Gasteiger partial charge in [0.2, 0.25) is 5.88 Å². The Morgan fingerprint density at radius 1 is 1.19 bits per heavy atom. The molecule has 170 valence electrons. The van der Waals surface area contributed by atoms with Gasteiger partial charge >= 0.3 is 0 Å². The number of carbonyl (C=O) groups is 1. The number of para-hydroxylation sites is 1. The number of hydrogen-bond acceptors (Lipinski definition) is 6. The van der Waals surface area contributed by atoms with Gasteiger partial charge in [0, 0.05) is 7.05 Å². The first-order valence-electron chi connectivity index (χ1n) is 9.29.